The Morgan fingerprint density at radius 3 is 2.39 bits per heavy atom. The zero-order chi connectivity index (χ0) is 26.1. The Balaban J connectivity index is 1.66. The molecule has 1 spiro atoms. The fourth-order valence-corrected chi connectivity index (χ4v) is 6.76. The summed E-state index contributed by atoms with van der Waals surface area (Å²) in [7, 11) is 1.58. The van der Waals surface area contributed by atoms with Crippen LogP contribution in [-0.4, -0.2) is 78.3 Å². The van der Waals surface area contributed by atoms with Crippen LogP contribution in [0.4, 0.5) is 11.4 Å². The van der Waals surface area contributed by atoms with Gasteiger partial charge < -0.3 is 30.3 Å². The maximum atomic E-state index is 13.9. The minimum absolute atomic E-state index is 0.0165. The van der Waals surface area contributed by atoms with Crippen molar-refractivity contribution in [2.45, 2.75) is 70.1 Å². The molecule has 3 aliphatic heterocycles. The Labute approximate surface area is 213 Å². The number of benzene rings is 1. The molecule has 3 aliphatic rings. The summed E-state index contributed by atoms with van der Waals surface area (Å²) in [4.78, 5) is 44.5. The van der Waals surface area contributed by atoms with E-state index in [-0.39, 0.29) is 24.3 Å². The number of likely N-dealkylation sites (tertiary alicyclic amines) is 1. The van der Waals surface area contributed by atoms with Gasteiger partial charge in [-0.05, 0) is 70.2 Å². The van der Waals surface area contributed by atoms with E-state index < -0.39 is 29.1 Å². The number of carbonyl (C=O) groups is 3. The highest BCUT2D eigenvalue weighted by molar-refractivity contribution is 6.03. The van der Waals surface area contributed by atoms with Crippen molar-refractivity contribution in [3.8, 4) is 0 Å². The predicted octanol–water partition coefficient (Wildman–Crippen LogP) is 2.14. The highest BCUT2D eigenvalue weighted by Gasteiger charge is 2.78. The topological polar surface area (TPSA) is 111 Å². The van der Waals surface area contributed by atoms with Gasteiger partial charge in [-0.25, -0.2) is 0 Å². The van der Waals surface area contributed by atoms with Crippen LogP contribution in [-0.2, 0) is 19.1 Å². The SMILES string of the molecule is CCN(CC)c1ccc(NC(=O)C2N(CCCCO)C(=O)[C@@H]3[C@@H](C(=O)NC)[C@@]4(CC)CCC23O4)cc1. The molecule has 0 aromatic heterocycles. The number of hydrogen-bond acceptors (Lipinski definition) is 6. The molecule has 3 N–H and O–H groups in total. The van der Waals surface area contributed by atoms with Gasteiger partial charge in [-0.15, -0.1) is 0 Å². The third-order valence-corrected chi connectivity index (χ3v) is 8.53. The van der Waals surface area contributed by atoms with Crippen molar-refractivity contribution in [3.05, 3.63) is 24.3 Å². The Hall–Kier alpha value is -2.65. The summed E-state index contributed by atoms with van der Waals surface area (Å²) in [5, 5.41) is 15.0. The number of anilines is 2. The lowest BCUT2D eigenvalue weighted by Gasteiger charge is -2.33. The van der Waals surface area contributed by atoms with Crippen molar-refractivity contribution >= 4 is 29.1 Å². The smallest absolute Gasteiger partial charge is 0.250 e. The fraction of sp³-hybridized carbons (Fsp3) is 0.667. The molecule has 3 saturated heterocycles. The van der Waals surface area contributed by atoms with Crippen LogP contribution in [0.5, 0.6) is 0 Å². The van der Waals surface area contributed by atoms with Crippen LogP contribution in [0, 0.1) is 11.8 Å². The molecule has 198 valence electrons. The molecule has 36 heavy (non-hydrogen) atoms. The minimum Gasteiger partial charge on any atom is -0.396 e. The molecule has 3 amide bonds. The number of hydrogen-bond donors (Lipinski definition) is 3. The van der Waals surface area contributed by atoms with Gasteiger partial charge in [0.05, 0.1) is 17.4 Å². The molecule has 0 aliphatic carbocycles. The Morgan fingerprint density at radius 1 is 1.11 bits per heavy atom. The van der Waals surface area contributed by atoms with Crippen molar-refractivity contribution in [3.63, 3.8) is 0 Å². The molecule has 3 heterocycles. The van der Waals surface area contributed by atoms with E-state index in [0.29, 0.717) is 44.3 Å². The highest BCUT2D eigenvalue weighted by Crippen LogP contribution is 2.64. The molecule has 1 aromatic rings. The lowest BCUT2D eigenvalue weighted by atomic mass is 9.65. The normalized spacial score (nSPS) is 30.4. The van der Waals surface area contributed by atoms with Crippen molar-refractivity contribution < 1.29 is 24.2 Å². The first kappa shape index (κ1) is 26.4. The summed E-state index contributed by atoms with van der Waals surface area (Å²) >= 11 is 0. The van der Waals surface area contributed by atoms with Gasteiger partial charge >= 0.3 is 0 Å². The fourth-order valence-electron chi connectivity index (χ4n) is 6.76. The molecule has 4 rings (SSSR count). The number of nitrogens with zero attached hydrogens (tertiary/aromatic N) is 2. The molecular formula is C27H40N4O5. The third kappa shape index (κ3) is 4.06. The van der Waals surface area contributed by atoms with Gasteiger partial charge in [0.15, 0.2) is 0 Å². The van der Waals surface area contributed by atoms with Crippen LogP contribution in [0.1, 0.15) is 52.9 Å². The lowest BCUT2D eigenvalue weighted by molar-refractivity contribution is -0.145. The molecule has 1 aromatic carbocycles. The first-order valence-electron chi connectivity index (χ1n) is 13.3. The summed E-state index contributed by atoms with van der Waals surface area (Å²) < 4.78 is 6.67. The summed E-state index contributed by atoms with van der Waals surface area (Å²) in [6.07, 6.45) is 2.89. The number of ether oxygens (including phenoxy) is 1. The number of aliphatic hydroxyl groups excluding tert-OH is 1. The highest BCUT2D eigenvalue weighted by atomic mass is 16.5. The second-order valence-corrected chi connectivity index (χ2v) is 10.1. The van der Waals surface area contributed by atoms with Gasteiger partial charge in [-0.1, -0.05) is 6.92 Å². The standard InChI is InChI=1S/C27H40N4O5/c1-5-26-14-15-27(36-26)21(20(26)23(33)28-4)25(35)31(16-8-9-17-32)22(27)24(34)29-18-10-12-19(13-11-18)30(6-2)7-3/h10-13,20-22,32H,5-9,14-17H2,1-4H3,(H,28,33)(H,29,34)/t20-,21-,22?,26+,27?/m0/s1. The number of fused-ring (bicyclic) bond motifs is 1. The predicted molar refractivity (Wildman–Crippen MR) is 138 cm³/mol. The van der Waals surface area contributed by atoms with E-state index in [4.69, 9.17) is 4.74 Å². The molecule has 0 saturated carbocycles. The van der Waals surface area contributed by atoms with E-state index >= 15 is 0 Å². The van der Waals surface area contributed by atoms with Gasteiger partial charge in [-0.2, -0.15) is 0 Å². The molecule has 3 fully saturated rings. The summed E-state index contributed by atoms with van der Waals surface area (Å²) in [6.45, 7) is 8.31. The molecular weight excluding hydrogens is 460 g/mol. The van der Waals surface area contributed by atoms with Gasteiger partial charge in [-0.3, -0.25) is 14.4 Å². The van der Waals surface area contributed by atoms with E-state index in [1.807, 2.05) is 31.2 Å². The number of rotatable bonds is 11. The van der Waals surface area contributed by atoms with Gasteiger partial charge in [0.25, 0.3) is 0 Å². The van der Waals surface area contributed by atoms with Crippen LogP contribution in [0.25, 0.3) is 0 Å². The average molecular weight is 501 g/mol. The maximum Gasteiger partial charge on any atom is 0.250 e. The number of aliphatic hydroxyl groups is 1. The summed E-state index contributed by atoms with van der Waals surface area (Å²) in [5.74, 6) is -2.02. The number of unbranched alkanes of at least 4 members (excludes halogenated alkanes) is 1. The number of nitrogens with one attached hydrogen (secondary N) is 2. The minimum atomic E-state index is -1.03. The zero-order valence-corrected chi connectivity index (χ0v) is 21.9. The van der Waals surface area contributed by atoms with Crippen molar-refractivity contribution in [1.29, 1.82) is 0 Å². The first-order valence-corrected chi connectivity index (χ1v) is 13.3. The van der Waals surface area contributed by atoms with E-state index in [0.717, 1.165) is 18.8 Å². The monoisotopic (exact) mass is 500 g/mol. The van der Waals surface area contributed by atoms with Crippen LogP contribution < -0.4 is 15.5 Å². The second kappa shape index (κ2) is 10.4. The zero-order valence-electron chi connectivity index (χ0n) is 21.9. The third-order valence-electron chi connectivity index (χ3n) is 8.53. The quantitative estimate of drug-likeness (QED) is 0.402. The van der Waals surface area contributed by atoms with E-state index in [9.17, 15) is 19.5 Å². The Kier molecular flexibility index (Phi) is 7.61. The largest absolute Gasteiger partial charge is 0.396 e. The molecule has 2 bridgehead atoms. The van der Waals surface area contributed by atoms with E-state index in [1.165, 1.54) is 0 Å². The summed E-state index contributed by atoms with van der Waals surface area (Å²) in [6, 6.07) is 6.88. The van der Waals surface area contributed by atoms with Crippen LogP contribution >= 0.6 is 0 Å². The van der Waals surface area contributed by atoms with Crippen molar-refractivity contribution in [1.82, 2.24) is 10.2 Å². The lowest BCUT2D eigenvalue weighted by Crippen LogP contribution is -2.53. The molecule has 0 radical (unpaired) electrons. The van der Waals surface area contributed by atoms with E-state index in [1.54, 1.807) is 11.9 Å². The van der Waals surface area contributed by atoms with Crippen molar-refractivity contribution in [2.75, 3.05) is 43.5 Å². The average Bonchev–Trinajstić information content (AvgIpc) is 3.49. The van der Waals surface area contributed by atoms with Crippen LogP contribution in [0.2, 0.25) is 0 Å². The van der Waals surface area contributed by atoms with Gasteiger partial charge in [0.2, 0.25) is 17.7 Å². The van der Waals surface area contributed by atoms with Crippen LogP contribution in [0.15, 0.2) is 24.3 Å². The molecule has 2 unspecified atom stereocenters. The molecule has 5 atom stereocenters. The maximum absolute atomic E-state index is 13.9. The van der Waals surface area contributed by atoms with Crippen LogP contribution in [0.3, 0.4) is 0 Å². The Bertz CT molecular complexity index is 981. The second-order valence-electron chi connectivity index (χ2n) is 10.1. The number of amides is 3. The van der Waals surface area contributed by atoms with E-state index in [2.05, 4.69) is 29.4 Å². The number of carbonyl (C=O) groups excluding carboxylic acids is 3. The molecule has 9 nitrogen and oxygen atoms in total. The molecule has 9 heteroatoms. The van der Waals surface area contributed by atoms with Gasteiger partial charge in [0.1, 0.15) is 11.6 Å². The Morgan fingerprint density at radius 2 is 1.81 bits per heavy atom. The van der Waals surface area contributed by atoms with Crippen molar-refractivity contribution in [2.24, 2.45) is 11.8 Å². The first-order chi connectivity index (χ1) is 17.3. The summed E-state index contributed by atoms with van der Waals surface area (Å²) in [5.41, 5.74) is -0.0375. The van der Waals surface area contributed by atoms with Gasteiger partial charge in [0, 0.05) is 44.7 Å².